The van der Waals surface area contributed by atoms with Crippen molar-refractivity contribution in [1.29, 1.82) is 0 Å². The Balaban J connectivity index is 2.43. The number of likely N-dealkylation sites (tertiary alicyclic amines) is 1. The smallest absolute Gasteiger partial charge is 0.326 e. The molecule has 1 aliphatic rings. The van der Waals surface area contributed by atoms with Crippen LogP contribution in [-0.4, -0.2) is 66.7 Å². The highest BCUT2D eigenvalue weighted by Crippen LogP contribution is 2.22. The van der Waals surface area contributed by atoms with E-state index >= 15 is 0 Å². The number of carbonyl (C=O) groups is 2. The molecule has 0 aromatic rings. The van der Waals surface area contributed by atoms with E-state index in [-0.39, 0.29) is 6.03 Å². The number of amides is 2. The summed E-state index contributed by atoms with van der Waals surface area (Å²) in [6.07, 6.45) is 2.27. The van der Waals surface area contributed by atoms with E-state index in [1.807, 2.05) is 21.0 Å². The number of piperidine rings is 1. The fourth-order valence-electron chi connectivity index (χ4n) is 2.31. The molecule has 6 nitrogen and oxygen atoms in total. The van der Waals surface area contributed by atoms with E-state index in [0.717, 1.165) is 19.4 Å². The summed E-state index contributed by atoms with van der Waals surface area (Å²) >= 11 is 0. The predicted molar refractivity (Wildman–Crippen MR) is 73.1 cm³/mol. The van der Waals surface area contributed by atoms with Crippen molar-refractivity contribution in [2.24, 2.45) is 5.92 Å². The molecule has 19 heavy (non-hydrogen) atoms. The van der Waals surface area contributed by atoms with E-state index in [0.29, 0.717) is 25.4 Å². The summed E-state index contributed by atoms with van der Waals surface area (Å²) in [5.41, 5.74) is 0. The van der Waals surface area contributed by atoms with Crippen LogP contribution in [0.5, 0.6) is 0 Å². The van der Waals surface area contributed by atoms with E-state index in [4.69, 9.17) is 0 Å². The van der Waals surface area contributed by atoms with Crippen molar-refractivity contribution in [1.82, 2.24) is 15.1 Å². The van der Waals surface area contributed by atoms with E-state index < -0.39 is 12.0 Å². The van der Waals surface area contributed by atoms with Gasteiger partial charge in [-0.25, -0.2) is 9.59 Å². The van der Waals surface area contributed by atoms with Crippen molar-refractivity contribution in [2.75, 3.05) is 33.7 Å². The van der Waals surface area contributed by atoms with Gasteiger partial charge in [-0.3, -0.25) is 0 Å². The second-order valence-corrected chi connectivity index (χ2v) is 5.57. The first-order valence-corrected chi connectivity index (χ1v) is 6.83. The molecule has 0 aromatic carbocycles. The molecule has 2 N–H and O–H groups in total. The molecule has 0 radical (unpaired) electrons. The zero-order chi connectivity index (χ0) is 14.4. The van der Waals surface area contributed by atoms with Gasteiger partial charge in [0.2, 0.25) is 0 Å². The molecule has 1 fully saturated rings. The molecule has 1 rings (SSSR count). The van der Waals surface area contributed by atoms with Crippen molar-refractivity contribution in [3.63, 3.8) is 0 Å². The highest BCUT2D eigenvalue weighted by molar-refractivity contribution is 5.82. The van der Waals surface area contributed by atoms with Crippen LogP contribution in [0.25, 0.3) is 0 Å². The molecule has 2 atom stereocenters. The standard InChI is InChI=1S/C13H25N3O3/c1-10-5-8-16(11(9-10)12(17)18)13(19)14-6-4-7-15(2)3/h10-11H,4-9H2,1-3H3,(H,14,19)(H,17,18). The summed E-state index contributed by atoms with van der Waals surface area (Å²) in [7, 11) is 3.96. The third kappa shape index (κ3) is 5.06. The number of carbonyl (C=O) groups excluding carboxylic acids is 1. The zero-order valence-electron chi connectivity index (χ0n) is 12.1. The van der Waals surface area contributed by atoms with E-state index in [9.17, 15) is 14.7 Å². The lowest BCUT2D eigenvalue weighted by Crippen LogP contribution is -2.53. The van der Waals surface area contributed by atoms with Gasteiger partial charge in [0.25, 0.3) is 0 Å². The SMILES string of the molecule is CC1CCN(C(=O)NCCCN(C)C)C(C(=O)O)C1. The third-order valence-corrected chi connectivity index (χ3v) is 3.47. The molecule has 1 aliphatic heterocycles. The summed E-state index contributed by atoms with van der Waals surface area (Å²) in [5, 5.41) is 12.0. The number of rotatable bonds is 5. The fourth-order valence-corrected chi connectivity index (χ4v) is 2.31. The average molecular weight is 271 g/mol. The molecule has 2 amide bonds. The van der Waals surface area contributed by atoms with Crippen LogP contribution in [0.15, 0.2) is 0 Å². The number of aliphatic carboxylic acids is 1. The summed E-state index contributed by atoms with van der Waals surface area (Å²) < 4.78 is 0. The molecule has 1 saturated heterocycles. The maximum atomic E-state index is 12.0. The van der Waals surface area contributed by atoms with E-state index in [1.54, 1.807) is 0 Å². The lowest BCUT2D eigenvalue weighted by Gasteiger charge is -2.35. The van der Waals surface area contributed by atoms with E-state index in [1.165, 1.54) is 4.90 Å². The van der Waals surface area contributed by atoms with Crippen molar-refractivity contribution in [3.05, 3.63) is 0 Å². The maximum Gasteiger partial charge on any atom is 0.326 e. The van der Waals surface area contributed by atoms with Crippen LogP contribution in [0.3, 0.4) is 0 Å². The summed E-state index contributed by atoms with van der Waals surface area (Å²) in [6.45, 7) is 4.04. The third-order valence-electron chi connectivity index (χ3n) is 3.47. The Kier molecular flexibility index (Phi) is 6.08. The Hall–Kier alpha value is -1.30. The fraction of sp³-hybridized carbons (Fsp3) is 0.846. The molecule has 0 aliphatic carbocycles. The van der Waals surface area contributed by atoms with Gasteiger partial charge in [-0.05, 0) is 45.8 Å². The van der Waals surface area contributed by atoms with E-state index in [2.05, 4.69) is 10.2 Å². The maximum absolute atomic E-state index is 12.0. The number of nitrogens with one attached hydrogen (secondary N) is 1. The highest BCUT2D eigenvalue weighted by Gasteiger charge is 2.34. The first-order valence-electron chi connectivity index (χ1n) is 6.83. The molecule has 1 heterocycles. The van der Waals surface area contributed by atoms with Crippen LogP contribution in [0.4, 0.5) is 4.79 Å². The first-order chi connectivity index (χ1) is 8.91. The number of hydrogen-bond donors (Lipinski definition) is 2. The normalized spacial score (nSPS) is 23.5. The topological polar surface area (TPSA) is 72.9 Å². The van der Waals surface area contributed by atoms with Crippen LogP contribution in [0.1, 0.15) is 26.2 Å². The first kappa shape index (κ1) is 15.8. The Morgan fingerprint density at radius 1 is 1.42 bits per heavy atom. The van der Waals surface area contributed by atoms with Crippen LogP contribution in [-0.2, 0) is 4.79 Å². The van der Waals surface area contributed by atoms with Crippen LogP contribution in [0, 0.1) is 5.92 Å². The second kappa shape index (κ2) is 7.33. The molecule has 0 aromatic heterocycles. The number of urea groups is 1. The molecular weight excluding hydrogens is 246 g/mol. The summed E-state index contributed by atoms with van der Waals surface area (Å²) in [6, 6.07) is -0.935. The van der Waals surface area contributed by atoms with Crippen LogP contribution < -0.4 is 5.32 Å². The van der Waals surface area contributed by atoms with Gasteiger partial charge in [0.05, 0.1) is 0 Å². The van der Waals surface area contributed by atoms with Crippen molar-refractivity contribution in [3.8, 4) is 0 Å². The monoisotopic (exact) mass is 271 g/mol. The van der Waals surface area contributed by atoms with Crippen molar-refractivity contribution < 1.29 is 14.7 Å². The number of hydrogen-bond acceptors (Lipinski definition) is 3. The van der Waals surface area contributed by atoms with Crippen LogP contribution in [0.2, 0.25) is 0 Å². The van der Waals surface area contributed by atoms with Gasteiger partial charge in [-0.1, -0.05) is 6.92 Å². The molecule has 0 spiro atoms. The number of carboxylic acids is 1. The van der Waals surface area contributed by atoms with Gasteiger partial charge < -0.3 is 20.2 Å². The Morgan fingerprint density at radius 3 is 2.68 bits per heavy atom. The van der Waals surface area contributed by atoms with Gasteiger partial charge in [-0.2, -0.15) is 0 Å². The molecule has 6 heteroatoms. The lowest BCUT2D eigenvalue weighted by molar-refractivity contribution is -0.143. The number of carboxylic acid groups (broad SMARTS) is 1. The minimum atomic E-state index is -0.907. The predicted octanol–water partition coefficient (Wildman–Crippen LogP) is 0.833. The second-order valence-electron chi connectivity index (χ2n) is 5.57. The minimum Gasteiger partial charge on any atom is -0.480 e. The van der Waals surface area contributed by atoms with Crippen LogP contribution >= 0.6 is 0 Å². The Morgan fingerprint density at radius 2 is 2.11 bits per heavy atom. The van der Waals surface area contributed by atoms with Crippen molar-refractivity contribution >= 4 is 12.0 Å². The number of nitrogens with zero attached hydrogens (tertiary/aromatic N) is 2. The largest absolute Gasteiger partial charge is 0.480 e. The Labute approximate surface area is 114 Å². The average Bonchev–Trinajstić information content (AvgIpc) is 2.33. The quantitative estimate of drug-likeness (QED) is 0.727. The minimum absolute atomic E-state index is 0.252. The summed E-state index contributed by atoms with van der Waals surface area (Å²) in [5.74, 6) is -0.547. The van der Waals surface area contributed by atoms with Gasteiger partial charge in [0, 0.05) is 13.1 Å². The lowest BCUT2D eigenvalue weighted by atomic mass is 9.93. The van der Waals surface area contributed by atoms with Gasteiger partial charge >= 0.3 is 12.0 Å². The summed E-state index contributed by atoms with van der Waals surface area (Å²) in [4.78, 5) is 26.7. The zero-order valence-corrected chi connectivity index (χ0v) is 12.1. The van der Waals surface area contributed by atoms with Gasteiger partial charge in [-0.15, -0.1) is 0 Å². The highest BCUT2D eigenvalue weighted by atomic mass is 16.4. The molecular formula is C13H25N3O3. The molecule has 0 saturated carbocycles. The van der Waals surface area contributed by atoms with Crippen molar-refractivity contribution in [2.45, 2.75) is 32.2 Å². The van der Waals surface area contributed by atoms with Gasteiger partial charge in [0.15, 0.2) is 0 Å². The molecule has 0 bridgehead atoms. The molecule has 110 valence electrons. The molecule has 2 unspecified atom stereocenters. The van der Waals surface area contributed by atoms with Gasteiger partial charge in [0.1, 0.15) is 6.04 Å². The Bertz CT molecular complexity index is 320.